The van der Waals surface area contributed by atoms with Gasteiger partial charge in [0.15, 0.2) is 5.69 Å². The van der Waals surface area contributed by atoms with Gasteiger partial charge in [-0.1, -0.05) is 11.6 Å². The lowest BCUT2D eigenvalue weighted by Crippen LogP contribution is -2.05. The van der Waals surface area contributed by atoms with Crippen molar-refractivity contribution in [2.75, 3.05) is 11.9 Å². The molecule has 1 N–H and O–H groups in total. The number of nitrogens with zero attached hydrogens (tertiary/aromatic N) is 4. The summed E-state index contributed by atoms with van der Waals surface area (Å²) >= 11 is 5.82. The Hall–Kier alpha value is -2.06. The van der Waals surface area contributed by atoms with Crippen LogP contribution in [0.4, 0.5) is 5.82 Å². The molecular formula is C13H14ClN5. The number of pyridine rings is 1. The molecule has 2 rings (SSSR count). The average Bonchev–Trinajstić information content (AvgIpc) is 2.82. The van der Waals surface area contributed by atoms with Crippen molar-refractivity contribution in [1.29, 1.82) is 5.26 Å². The number of nitrogens with one attached hydrogen (secondary N) is 1. The lowest BCUT2D eigenvalue weighted by atomic mass is 10.2. The zero-order chi connectivity index (χ0) is 13.7. The molecule has 0 aliphatic rings. The highest BCUT2D eigenvalue weighted by atomic mass is 35.5. The van der Waals surface area contributed by atoms with Crippen molar-refractivity contribution in [3.8, 4) is 6.07 Å². The molecule has 2 aromatic rings. The molecule has 2 aromatic heterocycles. The summed E-state index contributed by atoms with van der Waals surface area (Å²) in [7, 11) is 1.91. The summed E-state index contributed by atoms with van der Waals surface area (Å²) in [4.78, 5) is 4.12. The lowest BCUT2D eigenvalue weighted by Gasteiger charge is -2.05. The topological polar surface area (TPSA) is 66.5 Å². The van der Waals surface area contributed by atoms with Crippen LogP contribution in [-0.4, -0.2) is 21.3 Å². The van der Waals surface area contributed by atoms with Crippen LogP contribution in [0.3, 0.4) is 0 Å². The normalized spacial score (nSPS) is 10.2. The highest BCUT2D eigenvalue weighted by Crippen LogP contribution is 2.15. The van der Waals surface area contributed by atoms with Crippen molar-refractivity contribution in [3.05, 3.63) is 40.8 Å². The number of halogens is 1. The predicted molar refractivity (Wildman–Crippen MR) is 74.0 cm³/mol. The van der Waals surface area contributed by atoms with Crippen LogP contribution in [0.1, 0.15) is 17.7 Å². The minimum Gasteiger partial charge on any atom is -0.370 e. The Bertz CT molecular complexity index is 599. The second kappa shape index (κ2) is 6.21. The second-order valence-electron chi connectivity index (χ2n) is 4.19. The molecule has 2 heterocycles. The van der Waals surface area contributed by atoms with Crippen molar-refractivity contribution in [2.45, 2.75) is 12.8 Å². The molecule has 0 saturated heterocycles. The fourth-order valence-electron chi connectivity index (χ4n) is 1.73. The molecule has 98 valence electrons. The first kappa shape index (κ1) is 13.4. The Morgan fingerprint density at radius 3 is 3.00 bits per heavy atom. The van der Waals surface area contributed by atoms with E-state index in [0.29, 0.717) is 10.8 Å². The highest BCUT2D eigenvalue weighted by molar-refractivity contribution is 6.31. The Kier molecular flexibility index (Phi) is 4.37. The van der Waals surface area contributed by atoms with E-state index < -0.39 is 0 Å². The molecule has 0 aliphatic heterocycles. The molecule has 0 spiro atoms. The van der Waals surface area contributed by atoms with Gasteiger partial charge < -0.3 is 5.32 Å². The first-order chi connectivity index (χ1) is 9.19. The number of hydrogen-bond acceptors (Lipinski definition) is 4. The van der Waals surface area contributed by atoms with E-state index in [1.165, 1.54) is 5.56 Å². The molecule has 0 aliphatic carbocycles. The Morgan fingerprint density at radius 1 is 1.47 bits per heavy atom. The fourth-order valence-corrected chi connectivity index (χ4v) is 1.88. The standard InChI is InChI=1S/C13H14ClN5/c1-19-9-10(8-17-19)3-2-6-16-13-5-4-11(14)12(7-15)18-13/h4-5,8-9H,2-3,6H2,1H3,(H,16,18). The Labute approximate surface area is 116 Å². The van der Waals surface area contributed by atoms with E-state index in [9.17, 15) is 0 Å². The number of aryl methyl sites for hydroxylation is 2. The largest absolute Gasteiger partial charge is 0.370 e. The molecule has 0 radical (unpaired) electrons. The lowest BCUT2D eigenvalue weighted by molar-refractivity contribution is 0.765. The summed E-state index contributed by atoms with van der Waals surface area (Å²) in [6.45, 7) is 0.786. The third kappa shape index (κ3) is 3.70. The smallest absolute Gasteiger partial charge is 0.161 e. The Morgan fingerprint density at radius 2 is 2.32 bits per heavy atom. The van der Waals surface area contributed by atoms with Gasteiger partial charge in [-0.25, -0.2) is 4.98 Å². The molecule has 5 nitrogen and oxygen atoms in total. The van der Waals surface area contributed by atoms with E-state index in [0.717, 1.165) is 19.4 Å². The van der Waals surface area contributed by atoms with Crippen molar-refractivity contribution in [2.24, 2.45) is 7.05 Å². The molecule has 0 aromatic carbocycles. The van der Waals surface area contributed by atoms with E-state index >= 15 is 0 Å². The summed E-state index contributed by atoms with van der Waals surface area (Å²) in [6, 6.07) is 5.41. The molecule has 0 saturated carbocycles. The summed E-state index contributed by atoms with van der Waals surface area (Å²) in [5.41, 5.74) is 1.46. The molecule has 0 fully saturated rings. The third-order valence-corrected chi connectivity index (χ3v) is 2.96. The maximum Gasteiger partial charge on any atom is 0.161 e. The van der Waals surface area contributed by atoms with Crippen molar-refractivity contribution >= 4 is 17.4 Å². The summed E-state index contributed by atoms with van der Waals surface area (Å²) in [6.07, 6.45) is 5.81. The minimum atomic E-state index is 0.249. The van der Waals surface area contributed by atoms with Gasteiger partial charge in [0.2, 0.25) is 0 Å². The number of hydrogen-bond donors (Lipinski definition) is 1. The van der Waals surface area contributed by atoms with Gasteiger partial charge >= 0.3 is 0 Å². The quantitative estimate of drug-likeness (QED) is 0.851. The SMILES string of the molecule is Cn1cc(CCCNc2ccc(Cl)c(C#N)n2)cn1. The summed E-state index contributed by atoms with van der Waals surface area (Å²) < 4.78 is 1.79. The van der Waals surface area contributed by atoms with E-state index in [-0.39, 0.29) is 5.69 Å². The number of anilines is 1. The van der Waals surface area contributed by atoms with Crippen LogP contribution in [0.2, 0.25) is 5.02 Å². The van der Waals surface area contributed by atoms with Crippen LogP contribution in [-0.2, 0) is 13.5 Å². The van der Waals surface area contributed by atoms with Crippen molar-refractivity contribution in [3.63, 3.8) is 0 Å². The fraction of sp³-hybridized carbons (Fsp3) is 0.308. The van der Waals surface area contributed by atoms with Crippen LogP contribution in [0, 0.1) is 11.3 Å². The van der Waals surface area contributed by atoms with Gasteiger partial charge in [0.1, 0.15) is 11.9 Å². The highest BCUT2D eigenvalue weighted by Gasteiger charge is 2.02. The van der Waals surface area contributed by atoms with Crippen LogP contribution in [0.5, 0.6) is 0 Å². The summed E-state index contributed by atoms with van der Waals surface area (Å²) in [5, 5.41) is 16.5. The molecular weight excluding hydrogens is 262 g/mol. The van der Waals surface area contributed by atoms with Gasteiger partial charge in [-0.3, -0.25) is 4.68 Å². The summed E-state index contributed by atoms with van der Waals surface area (Å²) in [5.74, 6) is 0.673. The second-order valence-corrected chi connectivity index (χ2v) is 4.60. The monoisotopic (exact) mass is 275 g/mol. The van der Waals surface area contributed by atoms with Gasteiger partial charge in [0.05, 0.1) is 11.2 Å². The van der Waals surface area contributed by atoms with Gasteiger partial charge in [0.25, 0.3) is 0 Å². The molecule has 0 unspecified atom stereocenters. The van der Waals surface area contributed by atoms with Gasteiger partial charge in [0, 0.05) is 19.8 Å². The van der Waals surface area contributed by atoms with Gasteiger partial charge in [-0.2, -0.15) is 10.4 Å². The van der Waals surface area contributed by atoms with E-state index in [2.05, 4.69) is 15.4 Å². The van der Waals surface area contributed by atoms with Crippen LogP contribution in [0.25, 0.3) is 0 Å². The van der Waals surface area contributed by atoms with Crippen LogP contribution >= 0.6 is 11.6 Å². The van der Waals surface area contributed by atoms with E-state index in [4.69, 9.17) is 16.9 Å². The van der Waals surface area contributed by atoms with E-state index in [1.54, 1.807) is 16.8 Å². The molecule has 0 bridgehead atoms. The minimum absolute atomic E-state index is 0.249. The van der Waals surface area contributed by atoms with Crippen LogP contribution < -0.4 is 5.32 Å². The first-order valence-corrected chi connectivity index (χ1v) is 6.35. The zero-order valence-electron chi connectivity index (χ0n) is 10.6. The molecule has 6 heteroatoms. The molecule has 0 atom stereocenters. The molecule has 0 amide bonds. The maximum atomic E-state index is 8.83. The van der Waals surface area contributed by atoms with Crippen molar-refractivity contribution in [1.82, 2.24) is 14.8 Å². The van der Waals surface area contributed by atoms with E-state index in [1.807, 2.05) is 25.5 Å². The number of aromatic nitrogens is 3. The number of nitriles is 1. The van der Waals surface area contributed by atoms with Crippen molar-refractivity contribution < 1.29 is 0 Å². The zero-order valence-corrected chi connectivity index (χ0v) is 11.4. The average molecular weight is 276 g/mol. The number of rotatable bonds is 5. The van der Waals surface area contributed by atoms with Crippen LogP contribution in [0.15, 0.2) is 24.5 Å². The first-order valence-electron chi connectivity index (χ1n) is 5.97. The van der Waals surface area contributed by atoms with Gasteiger partial charge in [-0.15, -0.1) is 0 Å². The maximum absolute atomic E-state index is 8.83. The molecule has 19 heavy (non-hydrogen) atoms. The Balaban J connectivity index is 1.81. The third-order valence-electron chi connectivity index (χ3n) is 2.66. The predicted octanol–water partition coefficient (Wildman–Crippen LogP) is 2.38. The van der Waals surface area contributed by atoms with Gasteiger partial charge in [-0.05, 0) is 30.5 Å².